The zero-order valence-corrected chi connectivity index (χ0v) is 14.6. The minimum absolute atomic E-state index is 0.277. The largest absolute Gasteiger partial charge is 0.495 e. The first-order chi connectivity index (χ1) is 11.6. The molecule has 0 heterocycles. The predicted molar refractivity (Wildman–Crippen MR) is 94.3 cm³/mol. The van der Waals surface area contributed by atoms with E-state index in [4.69, 9.17) is 25.8 Å². The van der Waals surface area contributed by atoms with Crippen molar-refractivity contribution in [1.29, 1.82) is 0 Å². The van der Waals surface area contributed by atoms with Crippen LogP contribution < -0.4 is 19.5 Å². The molecule has 0 saturated heterocycles. The molecule has 5 nitrogen and oxygen atoms in total. The third-order valence-electron chi connectivity index (χ3n) is 3.42. The smallest absolute Gasteiger partial charge is 0.265 e. The van der Waals surface area contributed by atoms with Crippen molar-refractivity contribution in [3.63, 3.8) is 0 Å². The summed E-state index contributed by atoms with van der Waals surface area (Å²) in [4.78, 5) is 12.5. The van der Waals surface area contributed by atoms with Gasteiger partial charge in [0.15, 0.2) is 6.10 Å². The van der Waals surface area contributed by atoms with Gasteiger partial charge in [-0.05, 0) is 24.6 Å². The number of para-hydroxylation sites is 1. The second-order valence-electron chi connectivity index (χ2n) is 5.00. The molecular formula is C18H20ClNO4. The molecular weight excluding hydrogens is 330 g/mol. The molecule has 0 saturated carbocycles. The maximum Gasteiger partial charge on any atom is 0.265 e. The van der Waals surface area contributed by atoms with Crippen molar-refractivity contribution in [3.05, 3.63) is 47.5 Å². The van der Waals surface area contributed by atoms with Crippen LogP contribution in [0.25, 0.3) is 0 Å². The number of amides is 1. The van der Waals surface area contributed by atoms with Crippen LogP contribution in [0.1, 0.15) is 13.3 Å². The van der Waals surface area contributed by atoms with E-state index in [2.05, 4.69) is 5.32 Å². The SMILES string of the molecule is CC[C@@H](Oc1ccccc1)C(=O)Nc1cc(Cl)c(OC)cc1OC. The van der Waals surface area contributed by atoms with Crippen LogP contribution in [0.4, 0.5) is 5.69 Å². The van der Waals surface area contributed by atoms with Crippen LogP contribution >= 0.6 is 11.6 Å². The summed E-state index contributed by atoms with van der Waals surface area (Å²) in [6.45, 7) is 1.88. The van der Waals surface area contributed by atoms with Crippen LogP contribution in [0.3, 0.4) is 0 Å². The minimum Gasteiger partial charge on any atom is -0.495 e. The first-order valence-corrected chi connectivity index (χ1v) is 7.91. The highest BCUT2D eigenvalue weighted by Crippen LogP contribution is 2.36. The number of rotatable bonds is 7. The van der Waals surface area contributed by atoms with Gasteiger partial charge in [-0.1, -0.05) is 36.7 Å². The molecule has 0 aliphatic carbocycles. The Labute approximate surface area is 146 Å². The number of carbonyl (C=O) groups excluding carboxylic acids is 1. The molecule has 0 aromatic heterocycles. The van der Waals surface area contributed by atoms with Crippen molar-refractivity contribution < 1.29 is 19.0 Å². The van der Waals surface area contributed by atoms with Gasteiger partial charge in [-0.25, -0.2) is 0 Å². The van der Waals surface area contributed by atoms with E-state index in [-0.39, 0.29) is 5.91 Å². The van der Waals surface area contributed by atoms with E-state index in [1.807, 2.05) is 25.1 Å². The van der Waals surface area contributed by atoms with Crippen molar-refractivity contribution in [2.24, 2.45) is 0 Å². The third kappa shape index (κ3) is 4.32. The normalized spacial score (nSPS) is 11.5. The summed E-state index contributed by atoms with van der Waals surface area (Å²) in [7, 11) is 3.02. The Morgan fingerprint density at radius 2 is 1.79 bits per heavy atom. The molecule has 0 bridgehead atoms. The number of hydrogen-bond donors (Lipinski definition) is 1. The summed E-state index contributed by atoms with van der Waals surface area (Å²) < 4.78 is 16.2. The molecule has 0 spiro atoms. The van der Waals surface area contributed by atoms with Gasteiger partial charge in [0.1, 0.15) is 17.2 Å². The molecule has 1 amide bonds. The molecule has 0 radical (unpaired) electrons. The molecule has 2 aromatic rings. The quantitative estimate of drug-likeness (QED) is 0.815. The van der Waals surface area contributed by atoms with Crippen molar-refractivity contribution in [2.75, 3.05) is 19.5 Å². The van der Waals surface area contributed by atoms with Crippen molar-refractivity contribution >= 4 is 23.2 Å². The summed E-state index contributed by atoms with van der Waals surface area (Å²) >= 11 is 6.12. The minimum atomic E-state index is -0.627. The summed E-state index contributed by atoms with van der Waals surface area (Å²) in [6.07, 6.45) is -0.106. The number of methoxy groups -OCH3 is 2. The molecule has 0 aliphatic heterocycles. The fourth-order valence-electron chi connectivity index (χ4n) is 2.16. The Balaban J connectivity index is 2.16. The highest BCUT2D eigenvalue weighted by Gasteiger charge is 2.21. The molecule has 0 unspecified atom stereocenters. The van der Waals surface area contributed by atoms with Crippen LogP contribution in [0.2, 0.25) is 5.02 Å². The zero-order chi connectivity index (χ0) is 17.5. The average Bonchev–Trinajstić information content (AvgIpc) is 2.60. The third-order valence-corrected chi connectivity index (χ3v) is 3.71. The van der Waals surface area contributed by atoms with Crippen LogP contribution in [-0.2, 0) is 4.79 Å². The monoisotopic (exact) mass is 349 g/mol. The Morgan fingerprint density at radius 3 is 2.38 bits per heavy atom. The molecule has 1 N–H and O–H groups in total. The van der Waals surface area contributed by atoms with E-state index < -0.39 is 6.10 Å². The average molecular weight is 350 g/mol. The molecule has 24 heavy (non-hydrogen) atoms. The lowest BCUT2D eigenvalue weighted by Gasteiger charge is -2.19. The number of nitrogens with one attached hydrogen (secondary N) is 1. The molecule has 0 aliphatic rings. The Hall–Kier alpha value is -2.40. The van der Waals surface area contributed by atoms with Gasteiger partial charge in [0.25, 0.3) is 5.91 Å². The zero-order valence-electron chi connectivity index (χ0n) is 13.8. The number of anilines is 1. The number of ether oxygens (including phenoxy) is 3. The van der Waals surface area contributed by atoms with Crippen molar-refractivity contribution in [1.82, 2.24) is 0 Å². The second-order valence-corrected chi connectivity index (χ2v) is 5.41. The topological polar surface area (TPSA) is 56.8 Å². The second kappa shape index (κ2) is 8.45. The van der Waals surface area contributed by atoms with E-state index in [1.54, 1.807) is 24.3 Å². The van der Waals surface area contributed by atoms with E-state index >= 15 is 0 Å². The lowest BCUT2D eigenvalue weighted by molar-refractivity contribution is -0.122. The first kappa shape index (κ1) is 17.9. The predicted octanol–water partition coefficient (Wildman–Crippen LogP) is 4.15. The van der Waals surface area contributed by atoms with Gasteiger partial charge < -0.3 is 19.5 Å². The Morgan fingerprint density at radius 1 is 1.12 bits per heavy atom. The molecule has 6 heteroatoms. The molecule has 0 fully saturated rings. The van der Waals surface area contributed by atoms with Gasteiger partial charge in [0.2, 0.25) is 0 Å². The standard InChI is InChI=1S/C18H20ClNO4/c1-4-15(24-12-8-6-5-7-9-12)18(21)20-14-10-13(19)16(22-2)11-17(14)23-3/h5-11,15H,4H2,1-3H3,(H,20,21)/t15-/m1/s1. The van der Waals surface area contributed by atoms with E-state index in [0.717, 1.165) is 0 Å². The van der Waals surface area contributed by atoms with Gasteiger partial charge in [-0.15, -0.1) is 0 Å². The number of hydrogen-bond acceptors (Lipinski definition) is 4. The molecule has 2 rings (SSSR count). The summed E-state index contributed by atoms with van der Waals surface area (Å²) in [5.74, 6) is 1.29. The fraction of sp³-hybridized carbons (Fsp3) is 0.278. The summed E-state index contributed by atoms with van der Waals surface area (Å²) in [5.41, 5.74) is 0.461. The van der Waals surface area contributed by atoms with Crippen molar-refractivity contribution in [3.8, 4) is 17.2 Å². The van der Waals surface area contributed by atoms with Gasteiger partial charge >= 0.3 is 0 Å². The van der Waals surface area contributed by atoms with E-state index in [0.29, 0.717) is 34.4 Å². The number of halogens is 1. The van der Waals surface area contributed by atoms with Gasteiger partial charge in [-0.2, -0.15) is 0 Å². The van der Waals surface area contributed by atoms with Gasteiger partial charge in [0, 0.05) is 6.07 Å². The Bertz CT molecular complexity index is 691. The lowest BCUT2D eigenvalue weighted by Crippen LogP contribution is -2.32. The Kier molecular flexibility index (Phi) is 6.32. The highest BCUT2D eigenvalue weighted by atomic mass is 35.5. The van der Waals surface area contributed by atoms with Crippen LogP contribution in [0.15, 0.2) is 42.5 Å². The molecule has 128 valence electrons. The van der Waals surface area contributed by atoms with Crippen LogP contribution in [0, 0.1) is 0 Å². The first-order valence-electron chi connectivity index (χ1n) is 7.53. The van der Waals surface area contributed by atoms with Gasteiger partial charge in [0.05, 0.1) is 24.9 Å². The highest BCUT2D eigenvalue weighted by molar-refractivity contribution is 6.32. The van der Waals surface area contributed by atoms with Crippen molar-refractivity contribution in [2.45, 2.75) is 19.4 Å². The summed E-state index contributed by atoms with van der Waals surface area (Å²) in [6, 6.07) is 12.4. The van der Waals surface area contributed by atoms with Gasteiger partial charge in [-0.3, -0.25) is 4.79 Å². The molecule has 1 atom stereocenters. The summed E-state index contributed by atoms with van der Waals surface area (Å²) in [5, 5.41) is 3.18. The number of carbonyl (C=O) groups is 1. The van der Waals surface area contributed by atoms with E-state index in [9.17, 15) is 4.79 Å². The van der Waals surface area contributed by atoms with E-state index in [1.165, 1.54) is 14.2 Å². The lowest BCUT2D eigenvalue weighted by atomic mass is 10.2. The fourth-order valence-corrected chi connectivity index (χ4v) is 2.40. The maximum absolute atomic E-state index is 12.5. The number of benzene rings is 2. The molecule has 2 aromatic carbocycles. The maximum atomic E-state index is 12.5. The van der Waals surface area contributed by atoms with Crippen LogP contribution in [-0.4, -0.2) is 26.2 Å². The van der Waals surface area contributed by atoms with Crippen LogP contribution in [0.5, 0.6) is 17.2 Å².